The molecule has 0 aliphatic rings. The summed E-state index contributed by atoms with van der Waals surface area (Å²) in [5.41, 5.74) is 6.42. The number of benzene rings is 1. The zero-order chi connectivity index (χ0) is 26.1. The topological polar surface area (TPSA) is 115 Å². The molecule has 4 N–H and O–H groups in total. The van der Waals surface area contributed by atoms with Crippen molar-refractivity contribution in [3.8, 4) is 33.8 Å². The molecule has 0 aliphatic heterocycles. The predicted octanol–water partition coefficient (Wildman–Crippen LogP) is 6.29. The van der Waals surface area contributed by atoms with Crippen LogP contribution >= 0.6 is 0 Å². The van der Waals surface area contributed by atoms with Gasteiger partial charge in [0, 0.05) is 51.6 Å². The van der Waals surface area contributed by atoms with Crippen molar-refractivity contribution in [3.63, 3.8) is 0 Å². The van der Waals surface area contributed by atoms with E-state index in [1.165, 1.54) is 6.07 Å². The Balaban J connectivity index is 1.37. The molecule has 0 bridgehead atoms. The molecule has 1 unspecified atom stereocenters. The summed E-state index contributed by atoms with van der Waals surface area (Å²) in [6.07, 6.45) is 8.90. The Bertz CT molecular complexity index is 1740. The number of aromatic amines is 2. The highest BCUT2D eigenvalue weighted by Crippen LogP contribution is 2.34. The summed E-state index contributed by atoms with van der Waals surface area (Å²) in [7, 11) is 0. The predicted molar refractivity (Wildman–Crippen MR) is 147 cm³/mol. The third-order valence-electron chi connectivity index (χ3n) is 6.58. The molecule has 0 fully saturated rings. The summed E-state index contributed by atoms with van der Waals surface area (Å²) < 4.78 is 14.6. The number of H-pyrrole nitrogens is 2. The van der Waals surface area contributed by atoms with Gasteiger partial charge in [-0.1, -0.05) is 25.5 Å². The number of rotatable bonds is 8. The van der Waals surface area contributed by atoms with Crippen LogP contribution in [0.25, 0.3) is 55.7 Å². The number of nitrogens with one attached hydrogen (secondary N) is 3. The van der Waals surface area contributed by atoms with Gasteiger partial charge in [0.25, 0.3) is 0 Å². The van der Waals surface area contributed by atoms with Crippen molar-refractivity contribution in [1.82, 2.24) is 30.1 Å². The van der Waals surface area contributed by atoms with Gasteiger partial charge < -0.3 is 15.4 Å². The third-order valence-corrected chi connectivity index (χ3v) is 6.58. The molecular formula is C29H26FN7O. The van der Waals surface area contributed by atoms with E-state index in [0.29, 0.717) is 29.0 Å². The number of aromatic nitrogens is 6. The highest BCUT2D eigenvalue weighted by molar-refractivity contribution is 6.00. The Morgan fingerprint density at radius 1 is 0.974 bits per heavy atom. The average Bonchev–Trinajstić information content (AvgIpc) is 3.56. The Hall–Kier alpha value is -4.63. The summed E-state index contributed by atoms with van der Waals surface area (Å²) in [6.45, 7) is 2.09. The molecule has 6 aromatic rings. The Kier molecular flexibility index (Phi) is 6.27. The van der Waals surface area contributed by atoms with E-state index in [2.05, 4.69) is 42.4 Å². The third kappa shape index (κ3) is 4.48. The molecule has 38 heavy (non-hydrogen) atoms. The van der Waals surface area contributed by atoms with Gasteiger partial charge in [-0.15, -0.1) is 0 Å². The molecule has 0 saturated carbocycles. The monoisotopic (exact) mass is 507 g/mol. The van der Waals surface area contributed by atoms with Crippen LogP contribution in [-0.4, -0.2) is 41.5 Å². The molecule has 1 atom stereocenters. The quantitative estimate of drug-likeness (QED) is 0.180. The molecule has 0 radical (unpaired) electrons. The highest BCUT2D eigenvalue weighted by Gasteiger charge is 2.17. The van der Waals surface area contributed by atoms with Gasteiger partial charge >= 0.3 is 0 Å². The number of fused-ring (bicyclic) bond motifs is 2. The van der Waals surface area contributed by atoms with Crippen molar-refractivity contribution in [3.05, 3.63) is 79.1 Å². The molecule has 190 valence electrons. The number of pyridine rings is 3. The minimum Gasteiger partial charge on any atom is -0.374 e. The largest absolute Gasteiger partial charge is 0.374 e. The van der Waals surface area contributed by atoms with Crippen LogP contribution in [0.3, 0.4) is 0 Å². The molecular weight excluding hydrogens is 481 g/mol. The Morgan fingerprint density at radius 3 is 2.71 bits per heavy atom. The second kappa shape index (κ2) is 10.0. The fourth-order valence-corrected chi connectivity index (χ4v) is 4.65. The molecule has 0 saturated heterocycles. The first-order chi connectivity index (χ1) is 18.6. The fraction of sp³-hybridized carbons (Fsp3) is 0.172. The summed E-state index contributed by atoms with van der Waals surface area (Å²) in [5, 5.41) is 22.5. The van der Waals surface area contributed by atoms with Crippen LogP contribution in [0.15, 0.2) is 73.3 Å². The maximum atomic E-state index is 14.6. The maximum Gasteiger partial charge on any atom is 0.155 e. The number of aliphatic hydroxyl groups is 1. The van der Waals surface area contributed by atoms with E-state index in [-0.39, 0.29) is 5.82 Å². The number of hydrogen-bond acceptors (Lipinski definition) is 6. The number of halogens is 1. The second-order valence-corrected chi connectivity index (χ2v) is 9.24. The highest BCUT2D eigenvalue weighted by atomic mass is 19.1. The van der Waals surface area contributed by atoms with Crippen LogP contribution in [0.5, 0.6) is 0 Å². The van der Waals surface area contributed by atoms with Crippen molar-refractivity contribution in [2.24, 2.45) is 0 Å². The summed E-state index contributed by atoms with van der Waals surface area (Å²) >= 11 is 0. The molecule has 0 amide bonds. The van der Waals surface area contributed by atoms with Gasteiger partial charge in [-0.25, -0.2) is 9.37 Å². The van der Waals surface area contributed by atoms with Crippen LogP contribution in [0, 0.1) is 5.82 Å². The molecule has 5 heterocycles. The van der Waals surface area contributed by atoms with Crippen LogP contribution in [-0.2, 0) is 0 Å². The van der Waals surface area contributed by atoms with E-state index in [1.54, 1.807) is 43.0 Å². The van der Waals surface area contributed by atoms with E-state index in [9.17, 15) is 9.50 Å². The molecule has 9 heteroatoms. The smallest absolute Gasteiger partial charge is 0.155 e. The number of unbranched alkanes of at least 4 members (excludes halogenated alkanes) is 1. The minimum absolute atomic E-state index is 0.322. The van der Waals surface area contributed by atoms with Gasteiger partial charge in [-0.05, 0) is 49.2 Å². The SMILES string of the molecule is CCCCC(O)Nc1cncc(-c2cnc3[nH]nc(-c4cc5c(-c6ccccc6F)nccc5[nH]4)c3c2)c1. The number of hydrogen-bond donors (Lipinski definition) is 4. The first-order valence-electron chi connectivity index (χ1n) is 12.6. The van der Waals surface area contributed by atoms with Gasteiger partial charge in [0.15, 0.2) is 5.65 Å². The lowest BCUT2D eigenvalue weighted by Gasteiger charge is -2.14. The molecule has 6 rings (SSSR count). The van der Waals surface area contributed by atoms with Crippen LogP contribution in [0.1, 0.15) is 26.2 Å². The van der Waals surface area contributed by atoms with Gasteiger partial charge in [-0.2, -0.15) is 5.10 Å². The van der Waals surface area contributed by atoms with Gasteiger partial charge in [0.05, 0.1) is 23.3 Å². The zero-order valence-electron chi connectivity index (χ0n) is 20.7. The Morgan fingerprint density at radius 2 is 1.84 bits per heavy atom. The van der Waals surface area contributed by atoms with Crippen LogP contribution < -0.4 is 5.32 Å². The summed E-state index contributed by atoms with van der Waals surface area (Å²) in [6, 6.07) is 14.4. The van der Waals surface area contributed by atoms with E-state index in [0.717, 1.165) is 51.6 Å². The van der Waals surface area contributed by atoms with Gasteiger partial charge in [-0.3, -0.25) is 15.1 Å². The van der Waals surface area contributed by atoms with Crippen molar-refractivity contribution >= 4 is 27.6 Å². The maximum absolute atomic E-state index is 14.6. The second-order valence-electron chi connectivity index (χ2n) is 9.24. The normalized spacial score (nSPS) is 12.3. The summed E-state index contributed by atoms with van der Waals surface area (Å²) in [5.74, 6) is -0.322. The Labute approximate surface area is 218 Å². The molecule has 0 spiro atoms. The zero-order valence-corrected chi connectivity index (χ0v) is 20.7. The van der Waals surface area contributed by atoms with Crippen LogP contribution in [0.4, 0.5) is 10.1 Å². The van der Waals surface area contributed by atoms with Gasteiger partial charge in [0.2, 0.25) is 0 Å². The number of aliphatic hydroxyl groups excluding tert-OH is 1. The first kappa shape index (κ1) is 23.7. The minimum atomic E-state index is -0.626. The van der Waals surface area contributed by atoms with Crippen LogP contribution in [0.2, 0.25) is 0 Å². The van der Waals surface area contributed by atoms with Crippen molar-refractivity contribution in [2.75, 3.05) is 5.32 Å². The fourth-order valence-electron chi connectivity index (χ4n) is 4.65. The van der Waals surface area contributed by atoms with E-state index >= 15 is 0 Å². The van der Waals surface area contributed by atoms with E-state index in [1.807, 2.05) is 24.3 Å². The average molecular weight is 508 g/mol. The summed E-state index contributed by atoms with van der Waals surface area (Å²) in [4.78, 5) is 16.8. The molecule has 1 aromatic carbocycles. The van der Waals surface area contributed by atoms with Crippen molar-refractivity contribution in [2.45, 2.75) is 32.4 Å². The molecule has 5 aromatic heterocycles. The van der Waals surface area contributed by atoms with Crippen molar-refractivity contribution in [1.29, 1.82) is 0 Å². The number of nitrogens with zero attached hydrogens (tertiary/aromatic N) is 4. The van der Waals surface area contributed by atoms with Crippen molar-refractivity contribution < 1.29 is 9.50 Å². The molecule has 8 nitrogen and oxygen atoms in total. The molecule has 0 aliphatic carbocycles. The van der Waals surface area contributed by atoms with E-state index in [4.69, 9.17) is 0 Å². The lowest BCUT2D eigenvalue weighted by atomic mass is 10.1. The van der Waals surface area contributed by atoms with E-state index < -0.39 is 6.23 Å². The van der Waals surface area contributed by atoms with Gasteiger partial charge in [0.1, 0.15) is 17.7 Å². The standard InChI is InChI=1S/C29H26FN7O/c1-2-3-8-26(38)34-19-11-17(14-31-16-19)18-12-22-28(36-37-29(22)33-15-18)25-13-21-24(35-25)9-10-32-27(21)20-6-4-5-7-23(20)30/h4-7,9-16,26,34-35,38H,2-3,8H2,1H3,(H,33,36,37). The lowest BCUT2D eigenvalue weighted by molar-refractivity contribution is 0.190. The first-order valence-corrected chi connectivity index (χ1v) is 12.6. The number of anilines is 1. The lowest BCUT2D eigenvalue weighted by Crippen LogP contribution is -2.18.